The summed E-state index contributed by atoms with van der Waals surface area (Å²) >= 11 is 0. The van der Waals surface area contributed by atoms with Gasteiger partial charge in [0.2, 0.25) is 6.79 Å². The number of rotatable bonds is 6. The molecule has 21 heavy (non-hydrogen) atoms. The summed E-state index contributed by atoms with van der Waals surface area (Å²) in [6.07, 6.45) is 1.07. The van der Waals surface area contributed by atoms with Crippen LogP contribution in [0, 0.1) is 0 Å². The highest BCUT2D eigenvalue weighted by Gasteiger charge is 2.13. The van der Waals surface area contributed by atoms with E-state index in [1.54, 1.807) is 0 Å². The molecule has 2 heterocycles. The predicted octanol–water partition coefficient (Wildman–Crippen LogP) is 3.21. The van der Waals surface area contributed by atoms with Gasteiger partial charge in [-0.25, -0.2) is 4.98 Å². The minimum absolute atomic E-state index is 0.269. The molecule has 1 aromatic heterocycles. The molecule has 1 aliphatic heterocycles. The van der Waals surface area contributed by atoms with Crippen molar-refractivity contribution in [1.82, 2.24) is 4.98 Å². The Bertz CT molecular complexity index is 616. The fourth-order valence-electron chi connectivity index (χ4n) is 2.04. The van der Waals surface area contributed by atoms with Gasteiger partial charge in [-0.05, 0) is 30.7 Å². The Kier molecular flexibility index (Phi) is 4.09. The van der Waals surface area contributed by atoms with Crippen molar-refractivity contribution in [1.29, 1.82) is 0 Å². The zero-order valence-electron chi connectivity index (χ0n) is 12.0. The van der Waals surface area contributed by atoms with E-state index < -0.39 is 0 Å². The maximum Gasteiger partial charge on any atom is 0.231 e. The lowest BCUT2D eigenvalue weighted by Crippen LogP contribution is -2.04. The number of ether oxygens (including phenoxy) is 3. The zero-order chi connectivity index (χ0) is 14.5. The third-order valence-electron chi connectivity index (χ3n) is 3.09. The van der Waals surface area contributed by atoms with Crippen LogP contribution in [-0.4, -0.2) is 18.3 Å². The lowest BCUT2D eigenvalue weighted by Gasteiger charge is -2.08. The summed E-state index contributed by atoms with van der Waals surface area (Å²) in [4.78, 5) is 4.51. The van der Waals surface area contributed by atoms with E-state index in [1.165, 1.54) is 0 Å². The van der Waals surface area contributed by atoms with E-state index in [0.29, 0.717) is 6.61 Å². The van der Waals surface area contributed by atoms with Gasteiger partial charge in [-0.15, -0.1) is 0 Å². The van der Waals surface area contributed by atoms with Crippen LogP contribution < -0.4 is 19.5 Å². The Balaban J connectivity index is 1.62. The average Bonchev–Trinajstić information content (AvgIpc) is 2.99. The second-order valence-electron chi connectivity index (χ2n) is 4.74. The molecule has 0 aliphatic carbocycles. The van der Waals surface area contributed by atoms with E-state index >= 15 is 0 Å². The molecule has 0 amide bonds. The highest BCUT2D eigenvalue weighted by atomic mass is 16.7. The van der Waals surface area contributed by atoms with Crippen LogP contribution in [-0.2, 0) is 6.61 Å². The van der Waals surface area contributed by atoms with Gasteiger partial charge < -0.3 is 19.5 Å². The van der Waals surface area contributed by atoms with Gasteiger partial charge in [0.1, 0.15) is 18.2 Å². The Morgan fingerprint density at radius 1 is 1.19 bits per heavy atom. The van der Waals surface area contributed by atoms with Crippen molar-refractivity contribution < 1.29 is 14.2 Å². The molecule has 3 rings (SSSR count). The molecule has 1 aromatic carbocycles. The first-order chi connectivity index (χ1) is 10.3. The maximum atomic E-state index is 5.75. The first-order valence-electron chi connectivity index (χ1n) is 7.07. The molecule has 5 nitrogen and oxygen atoms in total. The summed E-state index contributed by atoms with van der Waals surface area (Å²) < 4.78 is 16.3. The molecule has 0 atom stereocenters. The Hall–Kier alpha value is -2.43. The fourth-order valence-corrected chi connectivity index (χ4v) is 2.04. The van der Waals surface area contributed by atoms with Crippen molar-refractivity contribution in [2.45, 2.75) is 20.0 Å². The molecule has 5 heteroatoms. The number of pyridine rings is 1. The number of hydrogen-bond donors (Lipinski definition) is 1. The van der Waals surface area contributed by atoms with E-state index in [2.05, 4.69) is 17.2 Å². The van der Waals surface area contributed by atoms with Crippen molar-refractivity contribution in [3.8, 4) is 17.2 Å². The molecule has 0 unspecified atom stereocenters. The van der Waals surface area contributed by atoms with Gasteiger partial charge in [-0.3, -0.25) is 0 Å². The van der Waals surface area contributed by atoms with Gasteiger partial charge in [-0.2, -0.15) is 0 Å². The summed E-state index contributed by atoms with van der Waals surface area (Å²) in [5.41, 5.74) is 0.883. The van der Waals surface area contributed by atoms with Crippen LogP contribution in [0.1, 0.15) is 19.0 Å². The van der Waals surface area contributed by atoms with Crippen molar-refractivity contribution in [2.75, 3.05) is 18.7 Å². The molecule has 1 aliphatic rings. The van der Waals surface area contributed by atoms with Gasteiger partial charge in [0.25, 0.3) is 0 Å². The van der Waals surface area contributed by atoms with Crippen LogP contribution in [0.3, 0.4) is 0 Å². The summed E-state index contributed by atoms with van der Waals surface area (Å²) in [6.45, 7) is 3.73. The summed E-state index contributed by atoms with van der Waals surface area (Å²) in [7, 11) is 0. The quantitative estimate of drug-likeness (QED) is 0.883. The smallest absolute Gasteiger partial charge is 0.231 e. The Labute approximate surface area is 123 Å². The van der Waals surface area contributed by atoms with Crippen molar-refractivity contribution in [3.05, 3.63) is 42.1 Å². The van der Waals surface area contributed by atoms with Crippen LogP contribution in [0.2, 0.25) is 0 Å². The van der Waals surface area contributed by atoms with Gasteiger partial charge in [0.15, 0.2) is 11.5 Å². The number of hydrogen-bond acceptors (Lipinski definition) is 5. The van der Waals surface area contributed by atoms with Crippen LogP contribution in [0.25, 0.3) is 0 Å². The first kappa shape index (κ1) is 13.5. The average molecular weight is 286 g/mol. The van der Waals surface area contributed by atoms with Crippen LogP contribution in [0.15, 0.2) is 36.4 Å². The molecule has 0 spiro atoms. The van der Waals surface area contributed by atoms with E-state index in [1.807, 2.05) is 36.4 Å². The summed E-state index contributed by atoms with van der Waals surface area (Å²) in [5.74, 6) is 3.10. The van der Waals surface area contributed by atoms with Crippen LogP contribution >= 0.6 is 0 Å². The number of nitrogens with zero attached hydrogens (tertiary/aromatic N) is 1. The van der Waals surface area contributed by atoms with Crippen molar-refractivity contribution in [2.24, 2.45) is 0 Å². The topological polar surface area (TPSA) is 52.6 Å². The zero-order valence-corrected chi connectivity index (χ0v) is 12.0. The normalized spacial score (nSPS) is 12.2. The first-order valence-corrected chi connectivity index (χ1v) is 7.07. The lowest BCUT2D eigenvalue weighted by atomic mass is 10.3. The van der Waals surface area contributed by atoms with Gasteiger partial charge in [0, 0.05) is 12.6 Å². The highest BCUT2D eigenvalue weighted by molar-refractivity contribution is 5.47. The molecule has 0 bridgehead atoms. The Morgan fingerprint density at radius 2 is 2.10 bits per heavy atom. The third-order valence-corrected chi connectivity index (χ3v) is 3.09. The number of anilines is 1. The van der Waals surface area contributed by atoms with E-state index in [0.717, 1.165) is 41.7 Å². The van der Waals surface area contributed by atoms with Crippen molar-refractivity contribution in [3.63, 3.8) is 0 Å². The molecule has 0 saturated carbocycles. The highest BCUT2D eigenvalue weighted by Crippen LogP contribution is 2.35. The number of benzene rings is 1. The monoisotopic (exact) mass is 286 g/mol. The fraction of sp³-hybridized carbons (Fsp3) is 0.312. The Morgan fingerprint density at radius 3 is 3.00 bits per heavy atom. The van der Waals surface area contributed by atoms with E-state index in [-0.39, 0.29) is 6.79 Å². The number of nitrogens with one attached hydrogen (secondary N) is 1. The minimum atomic E-state index is 0.269. The second-order valence-corrected chi connectivity index (χ2v) is 4.74. The molecule has 1 N–H and O–H groups in total. The van der Waals surface area contributed by atoms with Gasteiger partial charge in [-0.1, -0.05) is 13.0 Å². The number of aromatic nitrogens is 1. The largest absolute Gasteiger partial charge is 0.487 e. The minimum Gasteiger partial charge on any atom is -0.487 e. The lowest BCUT2D eigenvalue weighted by molar-refractivity contribution is 0.173. The SMILES string of the molecule is CCCNc1cccc(COc2ccc3c(c2)OCO3)n1. The van der Waals surface area contributed by atoms with Crippen LogP contribution in [0.5, 0.6) is 17.2 Å². The van der Waals surface area contributed by atoms with E-state index in [9.17, 15) is 0 Å². The molecule has 0 fully saturated rings. The maximum absolute atomic E-state index is 5.75. The second kappa shape index (κ2) is 6.35. The third kappa shape index (κ3) is 3.37. The molecular weight excluding hydrogens is 268 g/mol. The number of fused-ring (bicyclic) bond motifs is 1. The summed E-state index contributed by atoms with van der Waals surface area (Å²) in [6, 6.07) is 11.4. The van der Waals surface area contributed by atoms with Gasteiger partial charge in [0.05, 0.1) is 5.69 Å². The van der Waals surface area contributed by atoms with E-state index in [4.69, 9.17) is 14.2 Å². The molecule has 0 saturated heterocycles. The van der Waals surface area contributed by atoms with Crippen molar-refractivity contribution >= 4 is 5.82 Å². The molecule has 110 valence electrons. The molecule has 0 radical (unpaired) electrons. The van der Waals surface area contributed by atoms with Crippen LogP contribution in [0.4, 0.5) is 5.82 Å². The molecular formula is C16H18N2O3. The standard InChI is InChI=1S/C16H18N2O3/c1-2-8-17-16-5-3-4-12(18-16)10-19-13-6-7-14-15(9-13)21-11-20-14/h3-7,9H,2,8,10-11H2,1H3,(H,17,18). The van der Waals surface area contributed by atoms with Gasteiger partial charge >= 0.3 is 0 Å². The molecule has 2 aromatic rings. The predicted molar refractivity (Wildman–Crippen MR) is 79.9 cm³/mol. The summed E-state index contributed by atoms with van der Waals surface area (Å²) in [5, 5.41) is 3.26.